The second-order valence-corrected chi connectivity index (χ2v) is 6.95. The molecule has 146 valence electrons. The van der Waals surface area contributed by atoms with Crippen LogP contribution in [0.3, 0.4) is 0 Å². The van der Waals surface area contributed by atoms with E-state index in [9.17, 15) is 4.79 Å². The summed E-state index contributed by atoms with van der Waals surface area (Å²) in [5, 5.41) is 0. The Hall–Kier alpha value is -2.77. The lowest BCUT2D eigenvalue weighted by atomic mass is 9.99. The SMILES string of the molecule is COC1C=CC([C@H]2CN(c3nc(-c4ccncc4)cc(=O)n3C)CCO2)=CC1. The summed E-state index contributed by atoms with van der Waals surface area (Å²) in [7, 11) is 3.48. The number of methoxy groups -OCH3 is 1. The summed E-state index contributed by atoms with van der Waals surface area (Å²) in [6, 6.07) is 5.28. The summed E-state index contributed by atoms with van der Waals surface area (Å²) in [6.07, 6.45) is 10.6. The van der Waals surface area contributed by atoms with Crippen LogP contribution in [0.2, 0.25) is 0 Å². The number of anilines is 1. The largest absolute Gasteiger partial charge is 0.377 e. The quantitative estimate of drug-likeness (QED) is 0.808. The number of nitrogens with zero attached hydrogens (tertiary/aromatic N) is 4. The molecule has 1 aliphatic heterocycles. The molecule has 2 aliphatic rings. The Labute approximate surface area is 163 Å². The molecular formula is C21H24N4O3. The highest BCUT2D eigenvalue weighted by molar-refractivity contribution is 5.59. The Kier molecular flexibility index (Phi) is 5.36. The predicted octanol–water partition coefficient (Wildman–Crippen LogP) is 1.95. The van der Waals surface area contributed by atoms with Crippen molar-refractivity contribution in [3.05, 3.63) is 64.7 Å². The van der Waals surface area contributed by atoms with Gasteiger partial charge in [0.15, 0.2) is 0 Å². The van der Waals surface area contributed by atoms with Crippen LogP contribution in [0, 0.1) is 0 Å². The summed E-state index contributed by atoms with van der Waals surface area (Å²) in [4.78, 5) is 23.5. The van der Waals surface area contributed by atoms with Gasteiger partial charge in [-0.3, -0.25) is 14.3 Å². The van der Waals surface area contributed by atoms with E-state index in [-0.39, 0.29) is 17.8 Å². The highest BCUT2D eigenvalue weighted by Crippen LogP contribution is 2.24. The highest BCUT2D eigenvalue weighted by Gasteiger charge is 2.26. The van der Waals surface area contributed by atoms with E-state index in [1.807, 2.05) is 12.1 Å². The summed E-state index contributed by atoms with van der Waals surface area (Å²) in [5.74, 6) is 0.655. The summed E-state index contributed by atoms with van der Waals surface area (Å²) < 4.78 is 13.0. The fourth-order valence-electron chi connectivity index (χ4n) is 3.54. The molecule has 1 aliphatic carbocycles. The van der Waals surface area contributed by atoms with Crippen LogP contribution >= 0.6 is 0 Å². The van der Waals surface area contributed by atoms with Gasteiger partial charge >= 0.3 is 0 Å². The fourth-order valence-corrected chi connectivity index (χ4v) is 3.54. The van der Waals surface area contributed by atoms with Gasteiger partial charge in [-0.2, -0.15) is 0 Å². The molecule has 4 rings (SSSR count). The van der Waals surface area contributed by atoms with Crippen molar-refractivity contribution < 1.29 is 9.47 Å². The van der Waals surface area contributed by atoms with Crippen LogP contribution in [0.5, 0.6) is 0 Å². The molecule has 0 saturated carbocycles. The highest BCUT2D eigenvalue weighted by atomic mass is 16.5. The maximum atomic E-state index is 12.5. The first-order valence-corrected chi connectivity index (χ1v) is 9.42. The molecule has 1 fully saturated rings. The summed E-state index contributed by atoms with van der Waals surface area (Å²) >= 11 is 0. The average Bonchev–Trinajstić information content (AvgIpc) is 2.76. The Balaban J connectivity index is 1.60. The molecule has 1 saturated heterocycles. The lowest BCUT2D eigenvalue weighted by Crippen LogP contribution is -2.45. The van der Waals surface area contributed by atoms with Crippen molar-refractivity contribution in [3.8, 4) is 11.3 Å². The summed E-state index contributed by atoms with van der Waals surface area (Å²) in [5.41, 5.74) is 2.60. The predicted molar refractivity (Wildman–Crippen MR) is 107 cm³/mol. The van der Waals surface area contributed by atoms with E-state index in [0.717, 1.165) is 17.6 Å². The van der Waals surface area contributed by atoms with Gasteiger partial charge in [0.25, 0.3) is 5.56 Å². The maximum Gasteiger partial charge on any atom is 0.255 e. The summed E-state index contributed by atoms with van der Waals surface area (Å²) in [6.45, 7) is 1.92. The van der Waals surface area contributed by atoms with Gasteiger partial charge in [-0.25, -0.2) is 4.98 Å². The topological polar surface area (TPSA) is 69.5 Å². The van der Waals surface area contributed by atoms with Crippen molar-refractivity contribution in [2.24, 2.45) is 7.05 Å². The number of ether oxygens (including phenoxy) is 2. The number of hydrogen-bond donors (Lipinski definition) is 0. The average molecular weight is 380 g/mol. The zero-order valence-corrected chi connectivity index (χ0v) is 16.1. The molecule has 7 nitrogen and oxygen atoms in total. The van der Waals surface area contributed by atoms with Crippen molar-refractivity contribution in [2.45, 2.75) is 18.6 Å². The van der Waals surface area contributed by atoms with Crippen LogP contribution in [0.4, 0.5) is 5.95 Å². The van der Waals surface area contributed by atoms with Gasteiger partial charge in [-0.1, -0.05) is 18.2 Å². The number of hydrogen-bond acceptors (Lipinski definition) is 6. The number of aromatic nitrogens is 3. The Morgan fingerprint density at radius 1 is 1.29 bits per heavy atom. The third-order valence-electron chi connectivity index (χ3n) is 5.20. The van der Waals surface area contributed by atoms with E-state index in [1.165, 1.54) is 0 Å². The second-order valence-electron chi connectivity index (χ2n) is 6.95. The van der Waals surface area contributed by atoms with E-state index < -0.39 is 0 Å². The molecule has 7 heteroatoms. The van der Waals surface area contributed by atoms with Crippen LogP contribution in [-0.4, -0.2) is 53.5 Å². The van der Waals surface area contributed by atoms with Crippen molar-refractivity contribution in [1.29, 1.82) is 0 Å². The van der Waals surface area contributed by atoms with E-state index in [2.05, 4.69) is 28.1 Å². The lowest BCUT2D eigenvalue weighted by Gasteiger charge is -2.35. The van der Waals surface area contributed by atoms with Crippen molar-refractivity contribution in [2.75, 3.05) is 31.7 Å². The molecule has 2 atom stereocenters. The first-order chi connectivity index (χ1) is 13.7. The molecule has 0 bridgehead atoms. The molecule has 2 aromatic rings. The van der Waals surface area contributed by atoms with Gasteiger partial charge in [-0.15, -0.1) is 0 Å². The van der Waals surface area contributed by atoms with Gasteiger partial charge in [0, 0.05) is 44.7 Å². The Bertz CT molecular complexity index is 952. The third kappa shape index (κ3) is 3.76. The molecule has 2 aromatic heterocycles. The van der Waals surface area contributed by atoms with Crippen LogP contribution in [0.15, 0.2) is 59.2 Å². The smallest absolute Gasteiger partial charge is 0.255 e. The first-order valence-electron chi connectivity index (χ1n) is 9.42. The van der Waals surface area contributed by atoms with E-state index in [0.29, 0.717) is 31.3 Å². The normalized spacial score (nSPS) is 22.2. The molecule has 1 unspecified atom stereocenters. The standard InChI is InChI=1S/C21H24N4O3/c1-24-20(26)13-18(15-7-9-22-10-8-15)23-21(24)25-11-12-28-19(14-25)16-3-5-17(27-2)6-4-16/h3-5,7-10,13,17,19H,6,11-12,14H2,1-2H3/t17?,19-/m1/s1. The van der Waals surface area contributed by atoms with Gasteiger partial charge in [0.05, 0.1) is 31.1 Å². The number of morpholine rings is 1. The number of rotatable bonds is 4. The minimum absolute atomic E-state index is 0.0516. The van der Waals surface area contributed by atoms with Crippen LogP contribution < -0.4 is 10.5 Å². The first kappa shape index (κ1) is 18.6. The minimum atomic E-state index is -0.0837. The van der Waals surface area contributed by atoms with E-state index in [4.69, 9.17) is 14.5 Å². The van der Waals surface area contributed by atoms with Crippen LogP contribution in [0.1, 0.15) is 6.42 Å². The van der Waals surface area contributed by atoms with Crippen molar-refractivity contribution in [3.63, 3.8) is 0 Å². The molecule has 0 N–H and O–H groups in total. The molecule has 0 amide bonds. The number of pyridine rings is 1. The Morgan fingerprint density at radius 3 is 2.82 bits per heavy atom. The van der Waals surface area contributed by atoms with Crippen LogP contribution in [0.25, 0.3) is 11.3 Å². The van der Waals surface area contributed by atoms with Gasteiger partial charge in [0.2, 0.25) is 5.95 Å². The molecule has 28 heavy (non-hydrogen) atoms. The monoisotopic (exact) mass is 380 g/mol. The zero-order chi connectivity index (χ0) is 19.5. The van der Waals surface area contributed by atoms with Gasteiger partial charge in [0.1, 0.15) is 0 Å². The molecule has 0 spiro atoms. The van der Waals surface area contributed by atoms with Gasteiger partial charge < -0.3 is 14.4 Å². The molecule has 3 heterocycles. The Morgan fingerprint density at radius 2 is 2.11 bits per heavy atom. The third-order valence-corrected chi connectivity index (χ3v) is 5.20. The maximum absolute atomic E-state index is 12.5. The van der Waals surface area contributed by atoms with Crippen molar-refractivity contribution in [1.82, 2.24) is 14.5 Å². The minimum Gasteiger partial charge on any atom is -0.377 e. The molecular weight excluding hydrogens is 356 g/mol. The van der Waals surface area contributed by atoms with E-state index in [1.54, 1.807) is 37.2 Å². The van der Waals surface area contributed by atoms with Crippen molar-refractivity contribution >= 4 is 5.95 Å². The lowest BCUT2D eigenvalue weighted by molar-refractivity contribution is 0.0641. The van der Waals surface area contributed by atoms with Gasteiger partial charge in [-0.05, 0) is 24.1 Å². The fraction of sp³-hybridized carbons (Fsp3) is 0.381. The molecule has 0 aromatic carbocycles. The second kappa shape index (κ2) is 8.08. The van der Waals surface area contributed by atoms with E-state index >= 15 is 0 Å². The molecule has 0 radical (unpaired) electrons. The van der Waals surface area contributed by atoms with Crippen LogP contribution in [-0.2, 0) is 16.5 Å². The zero-order valence-electron chi connectivity index (χ0n) is 16.1.